The molecule has 0 N–H and O–H groups in total. The smallest absolute Gasteiger partial charge is 0.432 e. The van der Waals surface area contributed by atoms with E-state index in [1.54, 1.807) is 18.2 Å². The van der Waals surface area contributed by atoms with E-state index in [0.717, 1.165) is 5.56 Å². The van der Waals surface area contributed by atoms with Crippen molar-refractivity contribution in [2.24, 2.45) is 0 Å². The van der Waals surface area contributed by atoms with Gasteiger partial charge in [0.15, 0.2) is 0 Å². The van der Waals surface area contributed by atoms with E-state index in [2.05, 4.69) is 15.9 Å². The van der Waals surface area contributed by atoms with Crippen LogP contribution in [0.5, 0.6) is 5.75 Å². The van der Waals surface area contributed by atoms with E-state index < -0.39 is 29.2 Å². The molecular weight excluding hydrogens is 493 g/mol. The Morgan fingerprint density at radius 1 is 1.16 bits per heavy atom. The quantitative estimate of drug-likeness (QED) is 0.431. The molecule has 0 saturated carbocycles. The lowest BCUT2D eigenvalue weighted by atomic mass is 9.83. The molecule has 0 unspecified atom stereocenters. The number of ether oxygens (including phenoxy) is 2. The van der Waals surface area contributed by atoms with Crippen molar-refractivity contribution >= 4 is 21.6 Å². The van der Waals surface area contributed by atoms with Gasteiger partial charge in [-0.3, -0.25) is 10.1 Å². The van der Waals surface area contributed by atoms with E-state index in [1.807, 2.05) is 35.2 Å². The first-order valence-corrected chi connectivity index (χ1v) is 10.8. The molecule has 2 aromatic carbocycles. The van der Waals surface area contributed by atoms with Crippen LogP contribution in [0.1, 0.15) is 17.0 Å². The number of alkyl halides is 3. The molecule has 0 radical (unpaired) electrons. The molecule has 1 fully saturated rings. The minimum Gasteiger partial charge on any atom is -0.473 e. The van der Waals surface area contributed by atoms with Gasteiger partial charge in [0.2, 0.25) is 0 Å². The van der Waals surface area contributed by atoms with Crippen molar-refractivity contribution in [1.82, 2.24) is 4.90 Å². The Labute approximate surface area is 190 Å². The number of hydrogen-bond donors (Lipinski definition) is 0. The molecule has 0 bridgehead atoms. The molecule has 2 aromatic rings. The average Bonchev–Trinajstić information content (AvgIpc) is 2.77. The summed E-state index contributed by atoms with van der Waals surface area (Å²) in [5.41, 5.74) is 1.74. The van der Waals surface area contributed by atoms with Crippen LogP contribution in [-0.2, 0) is 4.74 Å². The predicted octanol–water partition coefficient (Wildman–Crippen LogP) is 4.87. The number of hydrogen-bond acceptors (Lipinski definition) is 5. The minimum atomic E-state index is -4.90. The lowest BCUT2D eigenvalue weighted by molar-refractivity contribution is -0.546. The van der Waals surface area contributed by atoms with Crippen LogP contribution in [0.2, 0.25) is 0 Å². The maximum atomic E-state index is 13.8. The SMILES string of the molecule is O=[N+]([O-])[C@H]1[C@H](C(F)(F)F)Oc2ccc(Br)cc2[C@@H]1/C=C(\c1ccccc1)N1CCOCC1. The minimum absolute atomic E-state index is 0.00994. The summed E-state index contributed by atoms with van der Waals surface area (Å²) in [6.07, 6.45) is -5.88. The van der Waals surface area contributed by atoms with Gasteiger partial charge in [-0.05, 0) is 29.8 Å². The third-order valence-corrected chi connectivity index (χ3v) is 6.08. The zero-order valence-electron chi connectivity index (χ0n) is 16.8. The number of rotatable bonds is 4. The normalized spacial score (nSPS) is 23.9. The van der Waals surface area contributed by atoms with Gasteiger partial charge in [0, 0.05) is 33.7 Å². The van der Waals surface area contributed by atoms with Crippen molar-refractivity contribution in [3.63, 3.8) is 0 Å². The third kappa shape index (κ3) is 4.61. The highest BCUT2D eigenvalue weighted by atomic mass is 79.9. The predicted molar refractivity (Wildman–Crippen MR) is 115 cm³/mol. The van der Waals surface area contributed by atoms with Gasteiger partial charge in [-0.2, -0.15) is 13.2 Å². The number of fused-ring (bicyclic) bond motifs is 1. The first-order chi connectivity index (χ1) is 15.3. The first-order valence-electron chi connectivity index (χ1n) is 10.0. The summed E-state index contributed by atoms with van der Waals surface area (Å²) >= 11 is 3.32. The van der Waals surface area contributed by atoms with Gasteiger partial charge < -0.3 is 14.4 Å². The Kier molecular flexibility index (Phi) is 6.43. The highest BCUT2D eigenvalue weighted by Gasteiger charge is 2.58. The standard InChI is InChI=1S/C22H20BrF3N2O4/c23-15-6-7-19-16(12-15)17(20(28(29)30)21(32-19)22(24,25)26)13-18(14-4-2-1-3-5-14)27-8-10-31-11-9-27/h1-7,12-13,17,20-21H,8-11H2/b18-13+/t17-,20+,21+/m0/s1. The molecule has 0 aliphatic carbocycles. The number of nitrogens with zero attached hydrogens (tertiary/aromatic N) is 2. The second-order valence-corrected chi connectivity index (χ2v) is 8.50. The second-order valence-electron chi connectivity index (χ2n) is 7.58. The first kappa shape index (κ1) is 22.6. The molecule has 2 aliphatic rings. The van der Waals surface area contributed by atoms with E-state index in [0.29, 0.717) is 42.0 Å². The fraction of sp³-hybridized carbons (Fsp3) is 0.364. The van der Waals surface area contributed by atoms with Gasteiger partial charge >= 0.3 is 6.18 Å². The molecule has 6 nitrogen and oxygen atoms in total. The molecule has 32 heavy (non-hydrogen) atoms. The van der Waals surface area contributed by atoms with Crippen molar-refractivity contribution in [1.29, 1.82) is 0 Å². The summed E-state index contributed by atoms with van der Waals surface area (Å²) in [6.45, 7) is 1.98. The molecule has 2 heterocycles. The van der Waals surface area contributed by atoms with Crippen LogP contribution in [0.15, 0.2) is 59.1 Å². The average molecular weight is 513 g/mol. The fourth-order valence-electron chi connectivity index (χ4n) is 4.12. The van der Waals surface area contributed by atoms with E-state index >= 15 is 0 Å². The summed E-state index contributed by atoms with van der Waals surface area (Å²) in [7, 11) is 0. The highest BCUT2D eigenvalue weighted by Crippen LogP contribution is 2.45. The van der Waals surface area contributed by atoms with Gasteiger partial charge in [-0.25, -0.2) is 0 Å². The molecule has 0 amide bonds. The number of nitro groups is 1. The van der Waals surface area contributed by atoms with Crippen LogP contribution in [0.25, 0.3) is 5.70 Å². The molecule has 170 valence electrons. The van der Waals surface area contributed by atoms with Crippen LogP contribution < -0.4 is 4.74 Å². The lowest BCUT2D eigenvalue weighted by Gasteiger charge is -2.36. The molecule has 10 heteroatoms. The second kappa shape index (κ2) is 9.11. The van der Waals surface area contributed by atoms with Gasteiger partial charge in [-0.1, -0.05) is 46.3 Å². The van der Waals surface area contributed by atoms with Gasteiger partial charge in [0.05, 0.1) is 19.1 Å². The van der Waals surface area contributed by atoms with Crippen LogP contribution in [0, 0.1) is 10.1 Å². The van der Waals surface area contributed by atoms with Crippen molar-refractivity contribution in [2.45, 2.75) is 24.2 Å². The summed E-state index contributed by atoms with van der Waals surface area (Å²) < 4.78 is 52.6. The van der Waals surface area contributed by atoms with Gasteiger partial charge in [-0.15, -0.1) is 0 Å². The Bertz CT molecular complexity index is 1010. The largest absolute Gasteiger partial charge is 0.473 e. The zero-order valence-corrected chi connectivity index (χ0v) is 18.4. The van der Waals surface area contributed by atoms with E-state index in [-0.39, 0.29) is 5.75 Å². The highest BCUT2D eigenvalue weighted by molar-refractivity contribution is 9.10. The van der Waals surface area contributed by atoms with E-state index in [1.165, 1.54) is 6.07 Å². The van der Waals surface area contributed by atoms with Gasteiger partial charge in [0.25, 0.3) is 12.1 Å². The van der Waals surface area contributed by atoms with Gasteiger partial charge in [0.1, 0.15) is 5.75 Å². The number of morpholine rings is 1. The van der Waals surface area contributed by atoms with Crippen LogP contribution in [0.4, 0.5) is 13.2 Å². The van der Waals surface area contributed by atoms with E-state index in [4.69, 9.17) is 9.47 Å². The Morgan fingerprint density at radius 2 is 1.84 bits per heavy atom. The summed E-state index contributed by atoms with van der Waals surface area (Å²) in [4.78, 5) is 13.1. The van der Waals surface area contributed by atoms with E-state index in [9.17, 15) is 23.3 Å². The van der Waals surface area contributed by atoms with Crippen LogP contribution >= 0.6 is 15.9 Å². The monoisotopic (exact) mass is 512 g/mol. The number of halogens is 4. The fourth-order valence-corrected chi connectivity index (χ4v) is 4.50. The van der Waals surface area contributed by atoms with Crippen LogP contribution in [-0.4, -0.2) is 54.4 Å². The summed E-state index contributed by atoms with van der Waals surface area (Å²) in [5.74, 6) is -1.17. The maximum Gasteiger partial charge on any atom is 0.432 e. The van der Waals surface area contributed by atoms with Crippen molar-refractivity contribution in [2.75, 3.05) is 26.3 Å². The molecule has 4 rings (SSSR count). The molecule has 2 aliphatic heterocycles. The molecular formula is C22H20BrF3N2O4. The topological polar surface area (TPSA) is 64.8 Å². The molecule has 3 atom stereocenters. The van der Waals surface area contributed by atoms with Crippen molar-refractivity contribution in [3.8, 4) is 5.75 Å². The number of benzene rings is 2. The summed E-state index contributed by atoms with van der Waals surface area (Å²) in [5, 5.41) is 12.0. The molecule has 0 spiro atoms. The Hall–Kier alpha value is -2.59. The maximum absolute atomic E-state index is 13.8. The van der Waals surface area contributed by atoms with Crippen LogP contribution in [0.3, 0.4) is 0 Å². The van der Waals surface area contributed by atoms with Crippen molar-refractivity contribution in [3.05, 3.63) is 80.3 Å². The third-order valence-electron chi connectivity index (χ3n) is 5.59. The zero-order chi connectivity index (χ0) is 22.9. The lowest BCUT2D eigenvalue weighted by Crippen LogP contribution is -2.53. The molecule has 1 saturated heterocycles. The summed E-state index contributed by atoms with van der Waals surface area (Å²) in [6, 6.07) is 11.7. The van der Waals surface area contributed by atoms with Crippen molar-refractivity contribution < 1.29 is 27.6 Å². The Balaban J connectivity index is 1.90. The Morgan fingerprint density at radius 3 is 2.47 bits per heavy atom. The molecule has 0 aromatic heterocycles.